The SMILES string of the molecule is Cc1nn(CC2CCCS(=O)(=O)C2)c(=O)s1. The van der Waals surface area contributed by atoms with Crippen LogP contribution in [0.25, 0.3) is 0 Å². The molecule has 0 aromatic carbocycles. The van der Waals surface area contributed by atoms with Gasteiger partial charge < -0.3 is 0 Å². The van der Waals surface area contributed by atoms with Crippen molar-refractivity contribution in [2.45, 2.75) is 26.3 Å². The summed E-state index contributed by atoms with van der Waals surface area (Å²) in [4.78, 5) is 11.3. The molecule has 0 amide bonds. The Balaban J connectivity index is 2.11. The van der Waals surface area contributed by atoms with E-state index in [0.717, 1.165) is 22.8 Å². The van der Waals surface area contributed by atoms with Gasteiger partial charge in [0.05, 0.1) is 11.5 Å². The summed E-state index contributed by atoms with van der Waals surface area (Å²) in [7, 11) is -2.90. The number of aryl methyl sites for hydroxylation is 1. The largest absolute Gasteiger partial charge is 0.325 e. The zero-order valence-corrected chi connectivity index (χ0v) is 10.7. The predicted octanol–water partition coefficient (Wildman–Crippen LogP) is 0.438. The van der Waals surface area contributed by atoms with Crippen molar-refractivity contribution in [3.05, 3.63) is 14.7 Å². The fraction of sp³-hybridized carbons (Fsp3) is 0.778. The molecule has 0 aliphatic carbocycles. The van der Waals surface area contributed by atoms with Crippen LogP contribution in [-0.2, 0) is 16.4 Å². The van der Waals surface area contributed by atoms with Crippen molar-refractivity contribution in [2.24, 2.45) is 5.92 Å². The highest BCUT2D eigenvalue weighted by Gasteiger charge is 2.25. The van der Waals surface area contributed by atoms with Crippen LogP contribution in [0.4, 0.5) is 0 Å². The first-order chi connectivity index (χ1) is 7.46. The number of sulfone groups is 1. The highest BCUT2D eigenvalue weighted by molar-refractivity contribution is 7.91. The third kappa shape index (κ3) is 2.70. The Morgan fingerprint density at radius 1 is 1.56 bits per heavy atom. The summed E-state index contributed by atoms with van der Waals surface area (Å²) in [5, 5.41) is 4.81. The van der Waals surface area contributed by atoms with Crippen LogP contribution in [0.5, 0.6) is 0 Å². The lowest BCUT2D eigenvalue weighted by atomic mass is 10.1. The number of rotatable bonds is 2. The van der Waals surface area contributed by atoms with Gasteiger partial charge in [0, 0.05) is 6.54 Å². The fourth-order valence-corrected chi connectivity index (χ4v) is 4.41. The van der Waals surface area contributed by atoms with E-state index >= 15 is 0 Å². The molecule has 0 bridgehead atoms. The van der Waals surface area contributed by atoms with E-state index in [1.807, 2.05) is 0 Å². The minimum atomic E-state index is -2.90. The monoisotopic (exact) mass is 262 g/mol. The topological polar surface area (TPSA) is 69.0 Å². The first-order valence-corrected chi connectivity index (χ1v) is 7.85. The molecule has 1 aromatic heterocycles. The molecule has 1 aliphatic rings. The highest BCUT2D eigenvalue weighted by Crippen LogP contribution is 2.19. The van der Waals surface area contributed by atoms with Gasteiger partial charge in [-0.15, -0.1) is 0 Å². The van der Waals surface area contributed by atoms with Crippen molar-refractivity contribution in [1.29, 1.82) is 0 Å². The van der Waals surface area contributed by atoms with Crippen LogP contribution in [0, 0.1) is 12.8 Å². The molecule has 1 atom stereocenters. The summed E-state index contributed by atoms with van der Waals surface area (Å²) in [6.45, 7) is 2.21. The summed E-state index contributed by atoms with van der Waals surface area (Å²) in [6, 6.07) is 0. The molecule has 90 valence electrons. The number of hydrogen-bond donors (Lipinski definition) is 0. The van der Waals surface area contributed by atoms with E-state index in [2.05, 4.69) is 5.10 Å². The molecular formula is C9H14N2O3S2. The van der Waals surface area contributed by atoms with E-state index < -0.39 is 9.84 Å². The molecule has 16 heavy (non-hydrogen) atoms. The maximum absolute atomic E-state index is 11.4. The van der Waals surface area contributed by atoms with Gasteiger partial charge in [-0.1, -0.05) is 11.3 Å². The molecule has 1 aliphatic heterocycles. The summed E-state index contributed by atoms with van der Waals surface area (Å²) in [5.74, 6) is 0.516. The predicted molar refractivity (Wildman–Crippen MR) is 62.5 cm³/mol. The highest BCUT2D eigenvalue weighted by atomic mass is 32.2. The van der Waals surface area contributed by atoms with Crippen LogP contribution in [-0.4, -0.2) is 29.7 Å². The van der Waals surface area contributed by atoms with Gasteiger partial charge in [0.25, 0.3) is 0 Å². The Morgan fingerprint density at radius 3 is 2.88 bits per heavy atom. The molecule has 5 nitrogen and oxygen atoms in total. The average molecular weight is 262 g/mol. The summed E-state index contributed by atoms with van der Waals surface area (Å²) in [5.41, 5.74) is 0. The molecule has 1 aromatic rings. The minimum absolute atomic E-state index is 0.0398. The zero-order chi connectivity index (χ0) is 11.8. The van der Waals surface area contributed by atoms with Gasteiger partial charge in [-0.25, -0.2) is 13.1 Å². The molecular weight excluding hydrogens is 248 g/mol. The molecule has 2 heterocycles. The molecule has 0 radical (unpaired) electrons. The van der Waals surface area contributed by atoms with Crippen molar-refractivity contribution in [1.82, 2.24) is 9.78 Å². The molecule has 0 spiro atoms. The van der Waals surface area contributed by atoms with Gasteiger partial charge in [0.15, 0.2) is 9.84 Å². The Bertz CT molecular complexity index is 529. The Morgan fingerprint density at radius 2 is 2.31 bits per heavy atom. The van der Waals surface area contributed by atoms with Gasteiger partial charge in [0.1, 0.15) is 5.01 Å². The Hall–Kier alpha value is -0.690. The van der Waals surface area contributed by atoms with Crippen LogP contribution in [0.2, 0.25) is 0 Å². The minimum Gasteiger partial charge on any atom is -0.255 e. The Kier molecular flexibility index (Phi) is 3.16. The quantitative estimate of drug-likeness (QED) is 0.775. The van der Waals surface area contributed by atoms with Crippen LogP contribution in [0.15, 0.2) is 4.79 Å². The molecule has 1 fully saturated rings. The molecule has 1 unspecified atom stereocenters. The molecule has 0 N–H and O–H groups in total. The zero-order valence-electron chi connectivity index (χ0n) is 9.05. The van der Waals surface area contributed by atoms with Crippen molar-refractivity contribution in [3.63, 3.8) is 0 Å². The second-order valence-electron chi connectivity index (χ2n) is 4.19. The third-order valence-electron chi connectivity index (χ3n) is 2.70. The normalized spacial score (nSPS) is 24.4. The summed E-state index contributed by atoms with van der Waals surface area (Å²) >= 11 is 1.10. The van der Waals surface area contributed by atoms with E-state index in [1.165, 1.54) is 4.68 Å². The number of nitrogens with zero attached hydrogens (tertiary/aromatic N) is 2. The fourth-order valence-electron chi connectivity index (χ4n) is 2.03. The molecule has 0 saturated carbocycles. The summed E-state index contributed by atoms with van der Waals surface area (Å²) in [6.07, 6.45) is 1.56. The van der Waals surface area contributed by atoms with Crippen LogP contribution < -0.4 is 4.87 Å². The van der Waals surface area contributed by atoms with E-state index in [0.29, 0.717) is 13.0 Å². The van der Waals surface area contributed by atoms with Crippen molar-refractivity contribution < 1.29 is 8.42 Å². The standard InChI is InChI=1S/C9H14N2O3S2/c1-7-10-11(9(12)15-7)5-8-3-2-4-16(13,14)6-8/h8H,2-6H2,1H3. The first-order valence-electron chi connectivity index (χ1n) is 5.21. The lowest BCUT2D eigenvalue weighted by Crippen LogP contribution is -2.30. The number of hydrogen-bond acceptors (Lipinski definition) is 5. The van der Waals surface area contributed by atoms with Crippen LogP contribution in [0.1, 0.15) is 17.8 Å². The van der Waals surface area contributed by atoms with E-state index in [1.54, 1.807) is 6.92 Å². The van der Waals surface area contributed by atoms with Crippen molar-refractivity contribution in [3.8, 4) is 0 Å². The Labute approximate surface area is 98.0 Å². The molecule has 1 saturated heterocycles. The third-order valence-corrected chi connectivity index (χ3v) is 5.35. The van der Waals surface area contributed by atoms with E-state index in [9.17, 15) is 13.2 Å². The van der Waals surface area contributed by atoms with Crippen LogP contribution >= 0.6 is 11.3 Å². The smallest absolute Gasteiger partial charge is 0.255 e. The second kappa shape index (κ2) is 4.29. The second-order valence-corrected chi connectivity index (χ2v) is 7.56. The van der Waals surface area contributed by atoms with Gasteiger partial charge >= 0.3 is 4.87 Å². The van der Waals surface area contributed by atoms with Crippen molar-refractivity contribution >= 4 is 21.2 Å². The molecule has 2 rings (SSSR count). The van der Waals surface area contributed by atoms with Gasteiger partial charge in [-0.2, -0.15) is 5.10 Å². The van der Waals surface area contributed by atoms with Gasteiger partial charge in [-0.3, -0.25) is 4.79 Å². The summed E-state index contributed by atoms with van der Waals surface area (Å²) < 4.78 is 24.3. The first kappa shape index (κ1) is 11.8. The lowest BCUT2D eigenvalue weighted by Gasteiger charge is -2.21. The van der Waals surface area contributed by atoms with Crippen molar-refractivity contribution in [2.75, 3.05) is 11.5 Å². The average Bonchev–Trinajstić information content (AvgIpc) is 2.43. The van der Waals surface area contributed by atoms with E-state index in [4.69, 9.17) is 0 Å². The maximum atomic E-state index is 11.4. The van der Waals surface area contributed by atoms with Crippen LogP contribution in [0.3, 0.4) is 0 Å². The van der Waals surface area contributed by atoms with Gasteiger partial charge in [0.2, 0.25) is 0 Å². The molecule has 7 heteroatoms. The maximum Gasteiger partial charge on any atom is 0.325 e. The van der Waals surface area contributed by atoms with E-state index in [-0.39, 0.29) is 22.3 Å². The lowest BCUT2D eigenvalue weighted by molar-refractivity contribution is 0.400. The number of aromatic nitrogens is 2. The van der Waals surface area contributed by atoms with Gasteiger partial charge in [-0.05, 0) is 25.7 Å².